The lowest BCUT2D eigenvalue weighted by molar-refractivity contribution is -0.147. The molecule has 0 saturated heterocycles. The van der Waals surface area contributed by atoms with Gasteiger partial charge >= 0.3 is 5.97 Å². The Kier molecular flexibility index (Phi) is 4.34. The van der Waals surface area contributed by atoms with Crippen LogP contribution in [0.2, 0.25) is 0 Å². The van der Waals surface area contributed by atoms with E-state index in [2.05, 4.69) is 11.9 Å². The van der Waals surface area contributed by atoms with Gasteiger partial charge in [-0.05, 0) is 20.3 Å². The van der Waals surface area contributed by atoms with E-state index in [4.69, 9.17) is 4.74 Å². The predicted molar refractivity (Wildman–Crippen MR) is 57.5 cm³/mol. The third-order valence-electron chi connectivity index (χ3n) is 2.32. The van der Waals surface area contributed by atoms with Crippen molar-refractivity contribution in [3.63, 3.8) is 0 Å². The van der Waals surface area contributed by atoms with Gasteiger partial charge in [0.15, 0.2) is 0 Å². The van der Waals surface area contributed by atoms with E-state index in [9.17, 15) is 4.79 Å². The van der Waals surface area contributed by atoms with Crippen LogP contribution >= 0.6 is 0 Å². The zero-order valence-corrected chi connectivity index (χ0v) is 9.56. The van der Waals surface area contributed by atoms with Crippen LogP contribution in [-0.2, 0) is 9.53 Å². The van der Waals surface area contributed by atoms with Gasteiger partial charge < -0.3 is 9.30 Å². The van der Waals surface area contributed by atoms with Gasteiger partial charge in [0.25, 0.3) is 0 Å². The second-order valence-electron chi connectivity index (χ2n) is 3.44. The van der Waals surface area contributed by atoms with Gasteiger partial charge in [0.05, 0.1) is 6.61 Å². The van der Waals surface area contributed by atoms with Crippen molar-refractivity contribution in [1.82, 2.24) is 9.55 Å². The predicted octanol–water partition coefficient (Wildman–Crippen LogP) is 2.10. The maximum absolute atomic E-state index is 11.7. The lowest BCUT2D eigenvalue weighted by atomic mass is 10.1. The molecule has 4 nitrogen and oxygen atoms in total. The summed E-state index contributed by atoms with van der Waals surface area (Å²) >= 11 is 0. The van der Waals surface area contributed by atoms with Gasteiger partial charge in [-0.25, -0.2) is 9.78 Å². The highest BCUT2D eigenvalue weighted by molar-refractivity contribution is 5.74. The third-order valence-corrected chi connectivity index (χ3v) is 2.32. The van der Waals surface area contributed by atoms with Gasteiger partial charge in [0.2, 0.25) is 0 Å². The van der Waals surface area contributed by atoms with Crippen molar-refractivity contribution < 1.29 is 9.53 Å². The molecule has 0 saturated carbocycles. The molecule has 1 aromatic rings. The van der Waals surface area contributed by atoms with Crippen LogP contribution in [-0.4, -0.2) is 22.1 Å². The van der Waals surface area contributed by atoms with E-state index in [0.717, 1.165) is 18.7 Å². The lowest BCUT2D eigenvalue weighted by Gasteiger charge is -2.17. The summed E-state index contributed by atoms with van der Waals surface area (Å²) < 4.78 is 6.92. The quantitative estimate of drug-likeness (QED) is 0.699. The van der Waals surface area contributed by atoms with E-state index >= 15 is 0 Å². The molecule has 84 valence electrons. The number of aromatic nitrogens is 2. The summed E-state index contributed by atoms with van der Waals surface area (Å²) in [5.74, 6) is 0.682. The van der Waals surface area contributed by atoms with Crippen LogP contribution in [0.3, 0.4) is 0 Å². The molecule has 1 heterocycles. The highest BCUT2D eigenvalue weighted by atomic mass is 16.5. The summed E-state index contributed by atoms with van der Waals surface area (Å²) in [7, 11) is 0. The molecule has 0 fully saturated rings. The maximum Gasteiger partial charge on any atom is 0.329 e. The number of carbonyl (C=O) groups excluding carboxylic acids is 1. The zero-order valence-electron chi connectivity index (χ0n) is 9.56. The van der Waals surface area contributed by atoms with Crippen molar-refractivity contribution in [2.75, 3.05) is 6.61 Å². The first-order valence-corrected chi connectivity index (χ1v) is 5.36. The molecular weight excluding hydrogens is 192 g/mol. The van der Waals surface area contributed by atoms with Crippen LogP contribution < -0.4 is 0 Å². The Balaban J connectivity index is 2.83. The number of imidazole rings is 1. The number of hydrogen-bond donors (Lipinski definition) is 0. The standard InChI is InChI=1S/C11H18N2O2/c1-4-6-10(11(14)15-5-2)13-8-7-12-9(13)3/h7-8,10H,4-6H2,1-3H3. The van der Waals surface area contributed by atoms with Crippen molar-refractivity contribution in [2.24, 2.45) is 0 Å². The van der Waals surface area contributed by atoms with Gasteiger partial charge in [-0.3, -0.25) is 0 Å². The summed E-state index contributed by atoms with van der Waals surface area (Å²) in [5.41, 5.74) is 0. The number of hydrogen-bond acceptors (Lipinski definition) is 3. The van der Waals surface area contributed by atoms with E-state index < -0.39 is 0 Å². The molecule has 1 rings (SSSR count). The maximum atomic E-state index is 11.7. The molecule has 0 aliphatic rings. The molecule has 0 aliphatic heterocycles. The minimum Gasteiger partial charge on any atom is -0.464 e. The molecule has 0 bridgehead atoms. The number of aryl methyl sites for hydroxylation is 1. The molecule has 0 spiro atoms. The molecule has 0 aliphatic carbocycles. The van der Waals surface area contributed by atoms with Crippen molar-refractivity contribution in [1.29, 1.82) is 0 Å². The second kappa shape index (κ2) is 5.53. The number of ether oxygens (including phenoxy) is 1. The molecule has 0 N–H and O–H groups in total. The normalized spacial score (nSPS) is 12.5. The van der Waals surface area contributed by atoms with Gasteiger partial charge in [0.1, 0.15) is 11.9 Å². The highest BCUT2D eigenvalue weighted by Gasteiger charge is 2.21. The van der Waals surface area contributed by atoms with Crippen molar-refractivity contribution in [3.8, 4) is 0 Å². The van der Waals surface area contributed by atoms with E-state index in [0.29, 0.717) is 6.61 Å². The summed E-state index contributed by atoms with van der Waals surface area (Å²) in [4.78, 5) is 15.8. The molecule has 0 amide bonds. The SMILES string of the molecule is CCCC(C(=O)OCC)n1ccnc1C. The third kappa shape index (κ3) is 2.81. The summed E-state index contributed by atoms with van der Waals surface area (Å²) in [6.45, 7) is 6.19. The zero-order chi connectivity index (χ0) is 11.3. The van der Waals surface area contributed by atoms with Crippen LogP contribution in [0.1, 0.15) is 38.6 Å². The second-order valence-corrected chi connectivity index (χ2v) is 3.44. The molecule has 1 atom stereocenters. The highest BCUT2D eigenvalue weighted by Crippen LogP contribution is 2.17. The largest absolute Gasteiger partial charge is 0.464 e. The average Bonchev–Trinajstić information content (AvgIpc) is 2.61. The first-order chi connectivity index (χ1) is 7.20. The molecule has 1 unspecified atom stereocenters. The van der Waals surface area contributed by atoms with Gasteiger partial charge in [-0.15, -0.1) is 0 Å². The Bertz CT molecular complexity index is 320. The first kappa shape index (κ1) is 11.8. The number of rotatable bonds is 5. The molecule has 15 heavy (non-hydrogen) atoms. The van der Waals surface area contributed by atoms with Crippen molar-refractivity contribution >= 4 is 5.97 Å². The minimum atomic E-state index is -0.225. The van der Waals surface area contributed by atoms with Crippen molar-refractivity contribution in [2.45, 2.75) is 39.7 Å². The van der Waals surface area contributed by atoms with Crippen LogP contribution in [0.4, 0.5) is 0 Å². The van der Waals surface area contributed by atoms with Crippen LogP contribution in [0.15, 0.2) is 12.4 Å². The Hall–Kier alpha value is -1.32. The summed E-state index contributed by atoms with van der Waals surface area (Å²) in [6, 6.07) is -0.225. The van der Waals surface area contributed by atoms with Crippen LogP contribution in [0.5, 0.6) is 0 Å². The fourth-order valence-electron chi connectivity index (χ4n) is 1.60. The van der Waals surface area contributed by atoms with Crippen LogP contribution in [0.25, 0.3) is 0 Å². The van der Waals surface area contributed by atoms with Gasteiger partial charge in [-0.2, -0.15) is 0 Å². The van der Waals surface area contributed by atoms with E-state index in [-0.39, 0.29) is 12.0 Å². The monoisotopic (exact) mass is 210 g/mol. The summed E-state index contributed by atoms with van der Waals surface area (Å²) in [6.07, 6.45) is 5.26. The molecule has 0 aromatic carbocycles. The van der Waals surface area contributed by atoms with Gasteiger partial charge in [0, 0.05) is 12.4 Å². The Morgan fingerprint density at radius 2 is 2.33 bits per heavy atom. The smallest absolute Gasteiger partial charge is 0.329 e. The molecule has 4 heteroatoms. The topological polar surface area (TPSA) is 44.1 Å². The lowest BCUT2D eigenvalue weighted by Crippen LogP contribution is -2.22. The van der Waals surface area contributed by atoms with E-state index in [1.807, 2.05) is 24.6 Å². The average molecular weight is 210 g/mol. The van der Waals surface area contributed by atoms with Crippen LogP contribution in [0, 0.1) is 6.92 Å². The molecule has 0 radical (unpaired) electrons. The first-order valence-electron chi connectivity index (χ1n) is 5.36. The molecular formula is C11H18N2O2. The fraction of sp³-hybridized carbons (Fsp3) is 0.636. The summed E-state index contributed by atoms with van der Waals surface area (Å²) in [5, 5.41) is 0. The van der Waals surface area contributed by atoms with Crippen molar-refractivity contribution in [3.05, 3.63) is 18.2 Å². The molecule has 1 aromatic heterocycles. The fourth-order valence-corrected chi connectivity index (χ4v) is 1.60. The van der Waals surface area contributed by atoms with Gasteiger partial charge in [-0.1, -0.05) is 13.3 Å². The Morgan fingerprint density at radius 1 is 1.60 bits per heavy atom. The minimum absolute atomic E-state index is 0.166. The van der Waals surface area contributed by atoms with E-state index in [1.54, 1.807) is 6.20 Å². The Labute approximate surface area is 90.3 Å². The number of nitrogens with zero attached hydrogens (tertiary/aromatic N) is 2. The number of esters is 1. The number of carbonyl (C=O) groups is 1. The van der Waals surface area contributed by atoms with E-state index in [1.165, 1.54) is 0 Å². The Morgan fingerprint density at radius 3 is 2.80 bits per heavy atom.